The second-order valence-corrected chi connectivity index (χ2v) is 7.75. The summed E-state index contributed by atoms with van der Waals surface area (Å²) in [5.74, 6) is 0. The maximum absolute atomic E-state index is 5.48. The maximum Gasteiger partial charge on any atom is 0.186 e. The minimum atomic E-state index is 0.466. The third-order valence-corrected chi connectivity index (χ3v) is 5.28. The van der Waals surface area contributed by atoms with Crippen LogP contribution in [0.3, 0.4) is 0 Å². The lowest BCUT2D eigenvalue weighted by Gasteiger charge is -2.29. The Morgan fingerprint density at radius 1 is 0.909 bits per heavy atom. The molecule has 33 heavy (non-hydrogen) atoms. The summed E-state index contributed by atoms with van der Waals surface area (Å²) >= 11 is 5.34. The number of anilines is 1. The molecule has 8 nitrogen and oxygen atoms in total. The van der Waals surface area contributed by atoms with E-state index in [0.717, 1.165) is 56.2 Å². The van der Waals surface area contributed by atoms with Crippen molar-refractivity contribution in [1.29, 1.82) is 0 Å². The van der Waals surface area contributed by atoms with E-state index in [1.165, 1.54) is 5.69 Å². The van der Waals surface area contributed by atoms with Gasteiger partial charge in [0.25, 0.3) is 0 Å². The number of benzene rings is 2. The second kappa shape index (κ2) is 13.5. The predicted octanol–water partition coefficient (Wildman–Crippen LogP) is 2.27. The molecule has 2 aromatic rings. The van der Waals surface area contributed by atoms with Gasteiger partial charge in [-0.3, -0.25) is 16.2 Å². The molecule has 0 aromatic heterocycles. The molecule has 0 radical (unpaired) electrons. The molecule has 1 aliphatic heterocycles. The zero-order valence-corrected chi connectivity index (χ0v) is 20.1. The number of nitrogens with zero attached hydrogens (tertiary/aromatic N) is 3. The van der Waals surface area contributed by atoms with E-state index in [0.29, 0.717) is 17.5 Å². The molecule has 0 spiro atoms. The molecule has 0 bridgehead atoms. The summed E-state index contributed by atoms with van der Waals surface area (Å²) in [6, 6.07) is 18.4. The van der Waals surface area contributed by atoms with Crippen LogP contribution in [-0.2, 0) is 4.74 Å². The maximum atomic E-state index is 5.48. The first kappa shape index (κ1) is 24.6. The Labute approximate surface area is 201 Å². The molecule has 3 rings (SSSR count). The van der Waals surface area contributed by atoms with Crippen LogP contribution in [-0.4, -0.2) is 62.6 Å². The van der Waals surface area contributed by atoms with Gasteiger partial charge in [0.05, 0.1) is 19.9 Å². The van der Waals surface area contributed by atoms with Crippen molar-refractivity contribution < 1.29 is 4.74 Å². The van der Waals surface area contributed by atoms with Crippen LogP contribution in [0.15, 0.2) is 64.8 Å². The summed E-state index contributed by atoms with van der Waals surface area (Å²) < 4.78 is 5.48. The quantitative estimate of drug-likeness (QED) is 0.140. The van der Waals surface area contributed by atoms with E-state index in [2.05, 4.69) is 67.8 Å². The van der Waals surface area contributed by atoms with Gasteiger partial charge in [-0.05, 0) is 37.8 Å². The molecule has 2 aromatic carbocycles. The number of hydrogen-bond donors (Lipinski definition) is 4. The molecule has 1 heterocycles. The monoisotopic (exact) mass is 467 g/mol. The van der Waals surface area contributed by atoms with Crippen molar-refractivity contribution in [2.75, 3.05) is 51.0 Å². The first-order chi connectivity index (χ1) is 16.2. The van der Waals surface area contributed by atoms with Crippen molar-refractivity contribution in [3.63, 3.8) is 0 Å². The summed E-state index contributed by atoms with van der Waals surface area (Å²) in [6.07, 6.45) is 0. The van der Waals surface area contributed by atoms with E-state index < -0.39 is 0 Å². The van der Waals surface area contributed by atoms with Crippen LogP contribution in [0.25, 0.3) is 0 Å². The predicted molar refractivity (Wildman–Crippen MR) is 140 cm³/mol. The van der Waals surface area contributed by atoms with Gasteiger partial charge >= 0.3 is 0 Å². The van der Waals surface area contributed by atoms with Crippen LogP contribution in [0.5, 0.6) is 0 Å². The lowest BCUT2D eigenvalue weighted by Crippen LogP contribution is -2.36. The molecule has 1 fully saturated rings. The molecule has 0 unspecified atom stereocenters. The summed E-state index contributed by atoms with van der Waals surface area (Å²) in [5.41, 5.74) is 10.5. The van der Waals surface area contributed by atoms with Crippen LogP contribution >= 0.6 is 12.2 Å². The van der Waals surface area contributed by atoms with Gasteiger partial charge in [0, 0.05) is 36.4 Å². The van der Waals surface area contributed by atoms with E-state index in [9.17, 15) is 0 Å². The Bertz CT molecular complexity index is 926. The average Bonchev–Trinajstić information content (AvgIpc) is 2.87. The van der Waals surface area contributed by atoms with Crippen molar-refractivity contribution >= 4 is 34.4 Å². The largest absolute Gasteiger partial charge is 0.378 e. The highest BCUT2D eigenvalue weighted by molar-refractivity contribution is 7.80. The van der Waals surface area contributed by atoms with Gasteiger partial charge in [-0.2, -0.15) is 10.2 Å². The van der Waals surface area contributed by atoms with Crippen LogP contribution in [0.4, 0.5) is 5.69 Å². The minimum Gasteiger partial charge on any atom is -0.378 e. The SMILES string of the molecule is CCNCN/N=C(/C(=N/NC(=S)NCC)c1ccc(N2CCOCC2)cc1)c1ccccc1. The number of hydrogen-bond acceptors (Lipinski definition) is 7. The summed E-state index contributed by atoms with van der Waals surface area (Å²) in [7, 11) is 0. The zero-order valence-electron chi connectivity index (χ0n) is 19.3. The van der Waals surface area contributed by atoms with Crippen molar-refractivity contribution in [1.82, 2.24) is 21.5 Å². The fourth-order valence-corrected chi connectivity index (χ4v) is 3.55. The van der Waals surface area contributed by atoms with Crippen molar-refractivity contribution in [3.8, 4) is 0 Å². The lowest BCUT2D eigenvalue weighted by atomic mass is 9.99. The van der Waals surface area contributed by atoms with Gasteiger partial charge in [0.1, 0.15) is 11.4 Å². The smallest absolute Gasteiger partial charge is 0.186 e. The number of thiocarbonyl (C=S) groups is 1. The Morgan fingerprint density at radius 2 is 1.58 bits per heavy atom. The molecule has 0 amide bonds. The molecule has 0 atom stereocenters. The van der Waals surface area contributed by atoms with E-state index in [4.69, 9.17) is 17.0 Å². The van der Waals surface area contributed by atoms with E-state index in [1.807, 2.05) is 37.3 Å². The highest BCUT2D eigenvalue weighted by Gasteiger charge is 2.17. The third-order valence-electron chi connectivity index (χ3n) is 5.04. The Kier molecular flexibility index (Phi) is 10.1. The highest BCUT2D eigenvalue weighted by Crippen LogP contribution is 2.18. The Hall–Kier alpha value is -3.01. The standard InChI is InChI=1S/C24H33N7OS/c1-3-25-18-27-28-22(19-8-6-5-7-9-19)23(29-30-24(33)26-4-2)20-10-12-21(13-11-20)31-14-16-32-17-15-31/h5-13,25,27H,3-4,14-18H2,1-2H3,(H2,26,30,33)/b28-22+,29-23+. The zero-order chi connectivity index (χ0) is 23.3. The first-order valence-electron chi connectivity index (χ1n) is 11.3. The van der Waals surface area contributed by atoms with E-state index in [-0.39, 0.29) is 0 Å². The van der Waals surface area contributed by atoms with Crippen LogP contribution in [0.1, 0.15) is 25.0 Å². The van der Waals surface area contributed by atoms with Crippen molar-refractivity contribution in [2.24, 2.45) is 10.2 Å². The normalized spacial score (nSPS) is 14.7. The first-order valence-corrected chi connectivity index (χ1v) is 11.8. The highest BCUT2D eigenvalue weighted by atomic mass is 32.1. The number of nitrogens with one attached hydrogen (secondary N) is 4. The lowest BCUT2D eigenvalue weighted by molar-refractivity contribution is 0.122. The average molecular weight is 468 g/mol. The number of ether oxygens (including phenoxy) is 1. The molecule has 1 saturated heterocycles. The molecule has 0 saturated carbocycles. The van der Waals surface area contributed by atoms with Gasteiger partial charge in [-0.15, -0.1) is 0 Å². The molecule has 4 N–H and O–H groups in total. The minimum absolute atomic E-state index is 0.466. The van der Waals surface area contributed by atoms with Gasteiger partial charge in [-0.1, -0.05) is 49.4 Å². The fraction of sp³-hybridized carbons (Fsp3) is 0.375. The van der Waals surface area contributed by atoms with Crippen molar-refractivity contribution in [2.45, 2.75) is 13.8 Å². The van der Waals surface area contributed by atoms with E-state index >= 15 is 0 Å². The molecule has 176 valence electrons. The van der Waals surface area contributed by atoms with Gasteiger partial charge in [0.15, 0.2) is 5.11 Å². The van der Waals surface area contributed by atoms with Crippen LogP contribution in [0, 0.1) is 0 Å². The second-order valence-electron chi connectivity index (χ2n) is 7.34. The fourth-order valence-electron chi connectivity index (χ4n) is 3.36. The molecular formula is C24H33N7OS. The van der Waals surface area contributed by atoms with Crippen molar-refractivity contribution in [3.05, 3.63) is 65.7 Å². The van der Waals surface area contributed by atoms with Crippen LogP contribution < -0.4 is 26.4 Å². The Balaban J connectivity index is 1.95. The third kappa shape index (κ3) is 7.52. The Morgan fingerprint density at radius 3 is 2.24 bits per heavy atom. The van der Waals surface area contributed by atoms with Gasteiger partial charge < -0.3 is 15.0 Å². The summed E-state index contributed by atoms with van der Waals surface area (Å²) in [5, 5.41) is 16.1. The summed E-state index contributed by atoms with van der Waals surface area (Å²) in [6.45, 7) is 9.46. The molecular weight excluding hydrogens is 434 g/mol. The topological polar surface area (TPSA) is 85.3 Å². The number of hydrazone groups is 2. The molecule has 9 heteroatoms. The number of morpholine rings is 1. The van der Waals surface area contributed by atoms with Gasteiger partial charge in [-0.25, -0.2) is 0 Å². The van der Waals surface area contributed by atoms with Gasteiger partial charge in [0.2, 0.25) is 0 Å². The van der Waals surface area contributed by atoms with Crippen LogP contribution in [0.2, 0.25) is 0 Å². The number of rotatable bonds is 10. The summed E-state index contributed by atoms with van der Waals surface area (Å²) in [4.78, 5) is 2.33. The molecule has 1 aliphatic rings. The van der Waals surface area contributed by atoms with E-state index in [1.54, 1.807) is 0 Å². The molecule has 0 aliphatic carbocycles.